The smallest absolute Gasteiger partial charge is 0.247 e. The molecule has 8 nitrogen and oxygen atoms in total. The first-order valence-electron chi connectivity index (χ1n) is 9.06. The van der Waals surface area contributed by atoms with Crippen LogP contribution in [0.2, 0.25) is 5.02 Å². The van der Waals surface area contributed by atoms with Crippen LogP contribution in [0.5, 0.6) is 11.5 Å². The van der Waals surface area contributed by atoms with Gasteiger partial charge in [-0.3, -0.25) is 9.52 Å². The highest BCUT2D eigenvalue weighted by molar-refractivity contribution is 7.92. The molecule has 0 aliphatic carbocycles. The van der Waals surface area contributed by atoms with E-state index in [1.165, 1.54) is 19.2 Å². The highest BCUT2D eigenvalue weighted by Gasteiger charge is 2.23. The summed E-state index contributed by atoms with van der Waals surface area (Å²) >= 11 is 6.28. The Kier molecular flexibility index (Phi) is 6.52. The maximum absolute atomic E-state index is 12.7. The van der Waals surface area contributed by atoms with Gasteiger partial charge >= 0.3 is 0 Å². The first-order valence-corrected chi connectivity index (χ1v) is 11.3. The highest BCUT2D eigenvalue weighted by atomic mass is 35.5. The number of nitrogens with zero attached hydrogens (tertiary/aromatic N) is 2. The van der Waals surface area contributed by atoms with Crippen molar-refractivity contribution in [2.24, 2.45) is 5.10 Å². The number of anilines is 1. The first kappa shape index (κ1) is 21.9. The molecule has 160 valence electrons. The molecule has 2 aromatic rings. The first-order chi connectivity index (χ1) is 14.2. The van der Waals surface area contributed by atoms with Gasteiger partial charge in [0.2, 0.25) is 15.9 Å². The van der Waals surface area contributed by atoms with Crippen LogP contribution in [0, 0.1) is 0 Å². The lowest BCUT2D eigenvalue weighted by Gasteiger charge is -2.14. The number of benzene rings is 2. The van der Waals surface area contributed by atoms with Gasteiger partial charge in [0, 0.05) is 23.2 Å². The summed E-state index contributed by atoms with van der Waals surface area (Å²) in [6.07, 6.45) is 1.77. The monoisotopic (exact) mass is 451 g/mol. The molecule has 0 aromatic heterocycles. The summed E-state index contributed by atoms with van der Waals surface area (Å²) in [7, 11) is -0.297. The van der Waals surface area contributed by atoms with Crippen molar-refractivity contribution in [1.82, 2.24) is 5.01 Å². The average molecular weight is 452 g/mol. The highest BCUT2D eigenvalue weighted by Crippen LogP contribution is 2.33. The summed E-state index contributed by atoms with van der Waals surface area (Å²) in [4.78, 5) is 12.7. The fourth-order valence-electron chi connectivity index (χ4n) is 3.07. The molecule has 1 aliphatic rings. The lowest BCUT2D eigenvalue weighted by atomic mass is 10.1. The molecule has 1 amide bonds. The number of hydrogen-bond acceptors (Lipinski definition) is 6. The summed E-state index contributed by atoms with van der Waals surface area (Å²) < 4.78 is 35.5. The molecule has 10 heteroatoms. The van der Waals surface area contributed by atoms with E-state index in [2.05, 4.69) is 9.82 Å². The van der Waals surface area contributed by atoms with Crippen LogP contribution in [0.25, 0.3) is 0 Å². The van der Waals surface area contributed by atoms with Crippen molar-refractivity contribution < 1.29 is 22.7 Å². The largest absolute Gasteiger partial charge is 0.493 e. The summed E-state index contributed by atoms with van der Waals surface area (Å²) in [5, 5.41) is 6.26. The van der Waals surface area contributed by atoms with Crippen LogP contribution in [-0.2, 0) is 21.2 Å². The van der Waals surface area contributed by atoms with Crippen LogP contribution in [0.1, 0.15) is 17.5 Å². The van der Waals surface area contributed by atoms with Crippen LogP contribution in [0.15, 0.2) is 41.5 Å². The number of nitrogens with one attached hydrogen (secondary N) is 1. The summed E-state index contributed by atoms with van der Waals surface area (Å²) in [6, 6.07) is 10.2. The predicted molar refractivity (Wildman–Crippen MR) is 116 cm³/mol. The van der Waals surface area contributed by atoms with Crippen molar-refractivity contribution in [1.29, 1.82) is 0 Å². The molecule has 1 heterocycles. The number of hydrogen-bond donors (Lipinski definition) is 1. The zero-order valence-electron chi connectivity index (χ0n) is 16.8. The summed E-state index contributed by atoms with van der Waals surface area (Å²) in [5.41, 5.74) is 2.68. The number of sulfonamides is 1. The van der Waals surface area contributed by atoms with Crippen molar-refractivity contribution in [3.63, 3.8) is 0 Å². The number of methoxy groups -OCH3 is 2. The number of halogens is 1. The molecule has 0 saturated heterocycles. The molecule has 2 aromatic carbocycles. The van der Waals surface area contributed by atoms with Gasteiger partial charge < -0.3 is 9.47 Å². The van der Waals surface area contributed by atoms with E-state index in [-0.39, 0.29) is 12.3 Å². The van der Waals surface area contributed by atoms with Gasteiger partial charge in [-0.2, -0.15) is 5.10 Å². The third-order valence-electron chi connectivity index (χ3n) is 4.51. The van der Waals surface area contributed by atoms with E-state index in [0.29, 0.717) is 40.7 Å². The Morgan fingerprint density at radius 2 is 1.80 bits per heavy atom. The number of carbonyl (C=O) groups is 1. The molecule has 0 unspecified atom stereocenters. The van der Waals surface area contributed by atoms with Crippen molar-refractivity contribution in [3.05, 3.63) is 52.5 Å². The maximum Gasteiger partial charge on any atom is 0.247 e. The zero-order valence-corrected chi connectivity index (χ0v) is 18.4. The van der Waals surface area contributed by atoms with E-state index in [1.807, 2.05) is 0 Å². The molecule has 0 fully saturated rings. The van der Waals surface area contributed by atoms with E-state index in [0.717, 1.165) is 17.5 Å². The molecule has 0 bridgehead atoms. The van der Waals surface area contributed by atoms with E-state index in [9.17, 15) is 13.2 Å². The lowest BCUT2D eigenvalue weighted by molar-refractivity contribution is -0.130. The van der Waals surface area contributed by atoms with E-state index in [1.54, 1.807) is 36.4 Å². The second kappa shape index (κ2) is 8.93. The van der Waals surface area contributed by atoms with E-state index in [4.69, 9.17) is 21.1 Å². The molecule has 1 N–H and O–H groups in total. The van der Waals surface area contributed by atoms with E-state index < -0.39 is 10.0 Å². The van der Waals surface area contributed by atoms with Gasteiger partial charge in [0.15, 0.2) is 11.5 Å². The van der Waals surface area contributed by atoms with Crippen LogP contribution in [0.3, 0.4) is 0 Å². The van der Waals surface area contributed by atoms with Gasteiger partial charge in [0.25, 0.3) is 0 Å². The fraction of sp³-hybridized carbons (Fsp3) is 0.300. The molecule has 1 aliphatic heterocycles. The summed E-state index contributed by atoms with van der Waals surface area (Å²) in [5.74, 6) is 0.807. The SMILES string of the molecule is COc1cc(Cl)c(CC(=O)N2CCC(c3ccc(NS(C)(=O)=O)cc3)=N2)cc1OC. The molecule has 0 saturated carbocycles. The Balaban J connectivity index is 1.72. The summed E-state index contributed by atoms with van der Waals surface area (Å²) in [6.45, 7) is 0.461. The Labute approximate surface area is 180 Å². The van der Waals surface area contributed by atoms with Crippen LogP contribution in [-0.4, -0.2) is 52.1 Å². The van der Waals surface area contributed by atoms with Crippen molar-refractivity contribution in [2.45, 2.75) is 12.8 Å². The maximum atomic E-state index is 12.7. The number of amides is 1. The Morgan fingerprint density at radius 1 is 1.17 bits per heavy atom. The molecule has 0 radical (unpaired) electrons. The number of rotatable bonds is 7. The number of hydrazone groups is 1. The normalized spacial score (nSPS) is 13.7. The van der Waals surface area contributed by atoms with E-state index >= 15 is 0 Å². The molecule has 0 spiro atoms. The minimum Gasteiger partial charge on any atom is -0.493 e. The quantitative estimate of drug-likeness (QED) is 0.698. The standard InChI is InChI=1S/C20H22ClN3O5S/c1-28-18-10-14(16(21)12-19(18)29-2)11-20(25)24-9-8-17(22-24)13-4-6-15(7-5-13)23-30(3,26)27/h4-7,10,12,23H,8-9,11H2,1-3H3. The van der Waals surface area contributed by atoms with Crippen LogP contribution in [0.4, 0.5) is 5.69 Å². The zero-order chi connectivity index (χ0) is 21.9. The molecule has 0 atom stereocenters. The molecule has 30 heavy (non-hydrogen) atoms. The van der Waals surface area contributed by atoms with Gasteiger partial charge in [0.05, 0.1) is 39.2 Å². The molecular formula is C20H22ClN3O5S. The molecular weight excluding hydrogens is 430 g/mol. The topological polar surface area (TPSA) is 97.3 Å². The third kappa shape index (κ3) is 5.22. The predicted octanol–water partition coefficient (Wildman–Crippen LogP) is 2.91. The number of carbonyl (C=O) groups excluding carboxylic acids is 1. The second-order valence-electron chi connectivity index (χ2n) is 6.74. The third-order valence-corrected chi connectivity index (χ3v) is 5.46. The minimum atomic E-state index is -3.33. The van der Waals surface area contributed by atoms with Gasteiger partial charge in [-0.1, -0.05) is 23.7 Å². The minimum absolute atomic E-state index is 0.0766. The van der Waals surface area contributed by atoms with Crippen LogP contribution >= 0.6 is 11.6 Å². The fourth-order valence-corrected chi connectivity index (χ4v) is 3.86. The Hall–Kier alpha value is -2.78. The molecule has 3 rings (SSSR count). The van der Waals surface area contributed by atoms with Gasteiger partial charge in [-0.05, 0) is 29.3 Å². The van der Waals surface area contributed by atoms with Gasteiger partial charge in [-0.25, -0.2) is 13.4 Å². The Morgan fingerprint density at radius 3 is 2.40 bits per heavy atom. The number of ether oxygens (including phenoxy) is 2. The van der Waals surface area contributed by atoms with Gasteiger partial charge in [-0.15, -0.1) is 0 Å². The van der Waals surface area contributed by atoms with Crippen molar-refractivity contribution >= 4 is 38.9 Å². The second-order valence-corrected chi connectivity index (χ2v) is 8.90. The van der Waals surface area contributed by atoms with Crippen LogP contribution < -0.4 is 14.2 Å². The van der Waals surface area contributed by atoms with Gasteiger partial charge in [0.1, 0.15) is 0 Å². The van der Waals surface area contributed by atoms with Crippen molar-refractivity contribution in [3.8, 4) is 11.5 Å². The lowest BCUT2D eigenvalue weighted by Crippen LogP contribution is -2.25. The Bertz CT molecular complexity index is 1080. The average Bonchev–Trinajstić information content (AvgIpc) is 3.19. The van der Waals surface area contributed by atoms with Crippen molar-refractivity contribution in [2.75, 3.05) is 31.7 Å².